The number of urea groups is 1. The number of hydrogen-bond acceptors (Lipinski definition) is 3. The van der Waals surface area contributed by atoms with Gasteiger partial charge in [-0.1, -0.05) is 30.7 Å². The van der Waals surface area contributed by atoms with Crippen molar-refractivity contribution in [2.45, 2.75) is 18.9 Å². The monoisotopic (exact) mass is 323 g/mol. The van der Waals surface area contributed by atoms with Gasteiger partial charge >= 0.3 is 6.03 Å². The Hall–Kier alpha value is -2.08. The highest BCUT2D eigenvalue weighted by Gasteiger charge is 2.51. The number of benzene rings is 1. The molecule has 0 spiro atoms. The van der Waals surface area contributed by atoms with Crippen LogP contribution in [0.15, 0.2) is 24.3 Å². The maximum absolute atomic E-state index is 12.8. The van der Waals surface area contributed by atoms with E-state index in [4.69, 9.17) is 11.6 Å². The summed E-state index contributed by atoms with van der Waals surface area (Å²) in [5.41, 5.74) is -0.494. The van der Waals surface area contributed by atoms with Gasteiger partial charge in [0.2, 0.25) is 5.91 Å². The first-order chi connectivity index (χ1) is 10.3. The van der Waals surface area contributed by atoms with Gasteiger partial charge in [-0.05, 0) is 24.1 Å². The van der Waals surface area contributed by atoms with E-state index >= 15 is 0 Å². The van der Waals surface area contributed by atoms with Crippen LogP contribution >= 0.6 is 11.6 Å². The number of nitrogens with one attached hydrogen (secondary N) is 1. The van der Waals surface area contributed by atoms with Gasteiger partial charge in [-0.15, -0.1) is 0 Å². The lowest BCUT2D eigenvalue weighted by Crippen LogP contribution is -2.44. The van der Waals surface area contributed by atoms with Gasteiger partial charge in [0, 0.05) is 19.1 Å². The minimum absolute atomic E-state index is 0.271. The summed E-state index contributed by atoms with van der Waals surface area (Å²) in [6, 6.07) is 6.20. The molecule has 1 aromatic carbocycles. The first-order valence-electron chi connectivity index (χ1n) is 6.92. The van der Waals surface area contributed by atoms with Crippen LogP contribution in [0.2, 0.25) is 5.02 Å². The van der Waals surface area contributed by atoms with Gasteiger partial charge in [0.1, 0.15) is 12.1 Å². The minimum Gasteiger partial charge on any atom is -0.347 e. The minimum atomic E-state index is -1.14. The summed E-state index contributed by atoms with van der Waals surface area (Å²) in [4.78, 5) is 39.0. The smallest absolute Gasteiger partial charge is 0.325 e. The molecule has 0 bridgehead atoms. The zero-order valence-electron chi connectivity index (χ0n) is 12.7. The molecule has 0 saturated carbocycles. The molecule has 1 saturated heterocycles. The average molecular weight is 324 g/mol. The molecule has 1 heterocycles. The second-order valence-corrected chi connectivity index (χ2v) is 5.81. The van der Waals surface area contributed by atoms with Crippen molar-refractivity contribution in [2.75, 3.05) is 20.6 Å². The van der Waals surface area contributed by atoms with E-state index in [1.54, 1.807) is 38.4 Å². The molecule has 1 N–H and O–H groups in total. The average Bonchev–Trinajstić information content (AvgIpc) is 2.73. The third-order valence-corrected chi connectivity index (χ3v) is 4.09. The molecule has 1 fully saturated rings. The molecular weight excluding hydrogens is 306 g/mol. The van der Waals surface area contributed by atoms with Gasteiger partial charge in [-0.3, -0.25) is 14.5 Å². The fourth-order valence-corrected chi connectivity index (χ4v) is 2.55. The zero-order valence-corrected chi connectivity index (χ0v) is 13.5. The second kappa shape index (κ2) is 5.96. The van der Waals surface area contributed by atoms with Crippen molar-refractivity contribution in [3.8, 4) is 0 Å². The first kappa shape index (κ1) is 16.3. The highest BCUT2D eigenvalue weighted by Crippen LogP contribution is 2.33. The maximum atomic E-state index is 12.8. The summed E-state index contributed by atoms with van der Waals surface area (Å²) in [6.45, 7) is 1.54. The van der Waals surface area contributed by atoms with Crippen molar-refractivity contribution in [1.82, 2.24) is 15.1 Å². The second-order valence-electron chi connectivity index (χ2n) is 5.38. The maximum Gasteiger partial charge on any atom is 0.325 e. The first-order valence-corrected chi connectivity index (χ1v) is 7.30. The van der Waals surface area contributed by atoms with Crippen LogP contribution < -0.4 is 5.32 Å². The van der Waals surface area contributed by atoms with Crippen LogP contribution in [0.3, 0.4) is 0 Å². The van der Waals surface area contributed by atoms with Crippen molar-refractivity contribution in [1.29, 1.82) is 0 Å². The fraction of sp³-hybridized carbons (Fsp3) is 0.400. The van der Waals surface area contributed by atoms with Gasteiger partial charge in [-0.25, -0.2) is 4.79 Å². The summed E-state index contributed by atoms with van der Waals surface area (Å²) in [5, 5.41) is 3.27. The quantitative estimate of drug-likeness (QED) is 0.855. The predicted molar refractivity (Wildman–Crippen MR) is 82.4 cm³/mol. The van der Waals surface area contributed by atoms with E-state index in [2.05, 4.69) is 5.32 Å². The van der Waals surface area contributed by atoms with Gasteiger partial charge in [-0.2, -0.15) is 0 Å². The highest BCUT2D eigenvalue weighted by molar-refractivity contribution is 6.30. The lowest BCUT2D eigenvalue weighted by atomic mass is 9.87. The highest BCUT2D eigenvalue weighted by atomic mass is 35.5. The van der Waals surface area contributed by atoms with Crippen LogP contribution in [0.4, 0.5) is 4.79 Å². The summed E-state index contributed by atoms with van der Waals surface area (Å²) in [5.74, 6) is -0.732. The van der Waals surface area contributed by atoms with Crippen LogP contribution in [-0.4, -0.2) is 48.3 Å². The molecule has 0 aliphatic carbocycles. The van der Waals surface area contributed by atoms with E-state index < -0.39 is 17.5 Å². The molecule has 0 radical (unpaired) electrons. The van der Waals surface area contributed by atoms with Gasteiger partial charge in [0.05, 0.1) is 0 Å². The molecule has 1 aromatic rings. The van der Waals surface area contributed by atoms with Crippen LogP contribution in [0.5, 0.6) is 0 Å². The lowest BCUT2D eigenvalue weighted by molar-refractivity contribution is -0.138. The van der Waals surface area contributed by atoms with Crippen molar-refractivity contribution in [3.05, 3.63) is 34.9 Å². The molecule has 0 aromatic heterocycles. The lowest BCUT2D eigenvalue weighted by Gasteiger charge is -2.26. The van der Waals surface area contributed by atoms with Crippen molar-refractivity contribution in [2.24, 2.45) is 0 Å². The number of carbonyl (C=O) groups excluding carboxylic acids is 3. The Bertz CT molecular complexity index is 615. The Morgan fingerprint density at radius 3 is 2.36 bits per heavy atom. The number of nitrogens with zero attached hydrogens (tertiary/aromatic N) is 2. The Balaban J connectivity index is 2.35. The molecule has 1 unspecified atom stereocenters. The number of amides is 4. The molecular formula is C15H18ClN3O3. The topological polar surface area (TPSA) is 69.7 Å². The molecule has 4 amide bonds. The van der Waals surface area contributed by atoms with E-state index in [1.807, 2.05) is 6.92 Å². The summed E-state index contributed by atoms with van der Waals surface area (Å²) >= 11 is 5.87. The third kappa shape index (κ3) is 2.66. The van der Waals surface area contributed by atoms with Gasteiger partial charge in [0.15, 0.2) is 0 Å². The molecule has 22 heavy (non-hydrogen) atoms. The molecule has 1 atom stereocenters. The van der Waals surface area contributed by atoms with Crippen LogP contribution in [0.1, 0.15) is 18.9 Å². The van der Waals surface area contributed by atoms with Crippen LogP contribution in [0, 0.1) is 0 Å². The van der Waals surface area contributed by atoms with E-state index in [0.29, 0.717) is 17.0 Å². The molecule has 1 aliphatic rings. The van der Waals surface area contributed by atoms with E-state index in [0.717, 1.165) is 4.90 Å². The standard InChI is InChI=1S/C15H18ClN3O3/c1-4-15(10-5-7-11(16)8-6-10)13(21)19(14(22)17-15)9-12(20)18(2)3/h5-8H,4,9H2,1-3H3,(H,17,22). The van der Waals surface area contributed by atoms with Crippen molar-refractivity contribution < 1.29 is 14.4 Å². The number of hydrogen-bond donors (Lipinski definition) is 1. The molecule has 7 heteroatoms. The van der Waals surface area contributed by atoms with Gasteiger partial charge in [0.25, 0.3) is 5.91 Å². The van der Waals surface area contributed by atoms with E-state index in [-0.39, 0.29) is 12.5 Å². The Labute approximate surface area is 134 Å². The molecule has 1 aliphatic heterocycles. The van der Waals surface area contributed by atoms with Gasteiger partial charge < -0.3 is 10.2 Å². The number of carbonyl (C=O) groups is 3. The molecule has 118 valence electrons. The third-order valence-electron chi connectivity index (χ3n) is 3.84. The zero-order chi connectivity index (χ0) is 16.5. The Morgan fingerprint density at radius 2 is 1.86 bits per heavy atom. The number of halogens is 1. The SMILES string of the molecule is CCC1(c2ccc(Cl)cc2)NC(=O)N(CC(=O)N(C)C)C1=O. The largest absolute Gasteiger partial charge is 0.347 e. The van der Waals surface area contributed by atoms with Crippen molar-refractivity contribution in [3.63, 3.8) is 0 Å². The Morgan fingerprint density at radius 1 is 1.27 bits per heavy atom. The van der Waals surface area contributed by atoms with E-state index in [1.165, 1.54) is 4.90 Å². The van der Waals surface area contributed by atoms with Crippen molar-refractivity contribution >= 4 is 29.4 Å². The fourth-order valence-electron chi connectivity index (χ4n) is 2.42. The molecule has 2 rings (SSSR count). The van der Waals surface area contributed by atoms with Crippen LogP contribution in [-0.2, 0) is 15.1 Å². The summed E-state index contributed by atoms with van der Waals surface area (Å²) < 4.78 is 0. The summed E-state index contributed by atoms with van der Waals surface area (Å²) in [7, 11) is 3.15. The Kier molecular flexibility index (Phi) is 4.42. The van der Waals surface area contributed by atoms with E-state index in [9.17, 15) is 14.4 Å². The number of rotatable bonds is 4. The number of imide groups is 1. The normalized spacial score (nSPS) is 21.0. The summed E-state index contributed by atoms with van der Waals surface area (Å²) in [6.07, 6.45) is 0.381. The molecule has 6 nitrogen and oxygen atoms in total. The predicted octanol–water partition coefficient (Wildman–Crippen LogP) is 1.59. The number of likely N-dealkylation sites (N-methyl/N-ethyl adjacent to an activating group) is 1. The van der Waals surface area contributed by atoms with Crippen LogP contribution in [0.25, 0.3) is 0 Å².